The van der Waals surface area contributed by atoms with Crippen LogP contribution in [0.4, 0.5) is 0 Å². The van der Waals surface area contributed by atoms with Crippen LogP contribution in [0.3, 0.4) is 0 Å². The predicted octanol–water partition coefficient (Wildman–Crippen LogP) is 0.483. The molecule has 0 aromatic heterocycles. The number of aliphatic hydroxyl groups excluding tert-OH is 1. The monoisotopic (exact) mass is 171 g/mol. The van der Waals surface area contributed by atoms with E-state index in [0.717, 1.165) is 13.1 Å². The number of carbonyl (C=O) groups is 1. The molecule has 0 spiro atoms. The molecule has 0 aromatic carbocycles. The van der Waals surface area contributed by atoms with Gasteiger partial charge in [-0.3, -0.25) is 4.79 Å². The maximum Gasteiger partial charge on any atom is 0.248 e. The molecule has 1 aliphatic rings. The molecule has 1 rings (SSSR count). The Morgan fingerprint density at radius 1 is 1.50 bits per heavy atom. The van der Waals surface area contributed by atoms with E-state index in [1.54, 1.807) is 4.90 Å². The SMILES string of the molecule is CC(C)(C)C1CN(C(=O)CO)C1. The summed E-state index contributed by atoms with van der Waals surface area (Å²) in [4.78, 5) is 12.6. The van der Waals surface area contributed by atoms with Crippen molar-refractivity contribution < 1.29 is 9.90 Å². The lowest BCUT2D eigenvalue weighted by Crippen LogP contribution is -2.55. The molecule has 0 saturated carbocycles. The lowest BCUT2D eigenvalue weighted by molar-refractivity contribution is -0.143. The van der Waals surface area contributed by atoms with Gasteiger partial charge in [0.25, 0.3) is 0 Å². The molecule has 0 bridgehead atoms. The van der Waals surface area contributed by atoms with E-state index in [1.807, 2.05) is 0 Å². The molecule has 1 N–H and O–H groups in total. The van der Waals surface area contributed by atoms with Crippen molar-refractivity contribution in [2.24, 2.45) is 11.3 Å². The average Bonchev–Trinajstić information content (AvgIpc) is 1.80. The van der Waals surface area contributed by atoms with E-state index in [2.05, 4.69) is 20.8 Å². The minimum absolute atomic E-state index is 0.143. The Bertz CT molecular complexity index is 177. The number of likely N-dealkylation sites (tertiary alicyclic amines) is 1. The zero-order valence-electron chi connectivity index (χ0n) is 8.00. The zero-order chi connectivity index (χ0) is 9.35. The highest BCUT2D eigenvalue weighted by Gasteiger charge is 2.37. The second kappa shape index (κ2) is 3.05. The first-order valence-corrected chi connectivity index (χ1v) is 4.34. The molecular formula is C9H17NO2. The second-order valence-corrected chi connectivity index (χ2v) is 4.52. The van der Waals surface area contributed by atoms with E-state index < -0.39 is 0 Å². The van der Waals surface area contributed by atoms with Gasteiger partial charge in [0, 0.05) is 13.1 Å². The van der Waals surface area contributed by atoms with Crippen molar-refractivity contribution in [3.8, 4) is 0 Å². The maximum absolute atomic E-state index is 10.9. The van der Waals surface area contributed by atoms with E-state index in [-0.39, 0.29) is 17.9 Å². The van der Waals surface area contributed by atoms with Crippen molar-refractivity contribution in [1.29, 1.82) is 0 Å². The Kier molecular flexibility index (Phi) is 2.42. The normalized spacial score (nSPS) is 19.2. The summed E-state index contributed by atoms with van der Waals surface area (Å²) < 4.78 is 0. The van der Waals surface area contributed by atoms with Crippen LogP contribution in [-0.2, 0) is 4.79 Å². The molecule has 1 heterocycles. The Morgan fingerprint density at radius 2 is 2.00 bits per heavy atom. The third kappa shape index (κ3) is 1.78. The molecule has 12 heavy (non-hydrogen) atoms. The van der Waals surface area contributed by atoms with Crippen molar-refractivity contribution in [3.05, 3.63) is 0 Å². The number of amides is 1. The highest BCUT2D eigenvalue weighted by molar-refractivity contribution is 5.77. The molecule has 1 amide bonds. The van der Waals surface area contributed by atoms with Gasteiger partial charge in [-0.2, -0.15) is 0 Å². The van der Waals surface area contributed by atoms with Crippen molar-refractivity contribution in [1.82, 2.24) is 4.90 Å². The molecule has 1 aliphatic heterocycles. The van der Waals surface area contributed by atoms with Crippen LogP contribution in [0.15, 0.2) is 0 Å². The van der Waals surface area contributed by atoms with Gasteiger partial charge >= 0.3 is 0 Å². The Morgan fingerprint density at radius 3 is 2.33 bits per heavy atom. The molecule has 0 atom stereocenters. The fourth-order valence-corrected chi connectivity index (χ4v) is 1.33. The van der Waals surface area contributed by atoms with Gasteiger partial charge in [0.15, 0.2) is 0 Å². The predicted molar refractivity (Wildman–Crippen MR) is 46.6 cm³/mol. The van der Waals surface area contributed by atoms with Crippen molar-refractivity contribution in [3.63, 3.8) is 0 Å². The minimum atomic E-state index is -0.350. The van der Waals surface area contributed by atoms with E-state index in [4.69, 9.17) is 5.11 Å². The standard InChI is InChI=1S/C9H17NO2/c1-9(2,3)7-4-10(5-7)8(12)6-11/h7,11H,4-6H2,1-3H3. The molecule has 0 radical (unpaired) electrons. The minimum Gasteiger partial charge on any atom is -0.387 e. The molecule has 3 nitrogen and oxygen atoms in total. The Balaban J connectivity index is 2.34. The van der Waals surface area contributed by atoms with Crippen molar-refractivity contribution in [2.45, 2.75) is 20.8 Å². The summed E-state index contributed by atoms with van der Waals surface area (Å²) in [5, 5.41) is 8.57. The van der Waals surface area contributed by atoms with E-state index in [9.17, 15) is 4.79 Å². The van der Waals surface area contributed by atoms with Gasteiger partial charge in [-0.25, -0.2) is 0 Å². The fraction of sp³-hybridized carbons (Fsp3) is 0.889. The molecule has 1 fully saturated rings. The number of aliphatic hydroxyl groups is 1. The third-order valence-electron chi connectivity index (χ3n) is 2.59. The molecule has 3 heteroatoms. The number of rotatable bonds is 1. The Hall–Kier alpha value is -0.570. The lowest BCUT2D eigenvalue weighted by Gasteiger charge is -2.46. The van der Waals surface area contributed by atoms with Crippen LogP contribution in [0.1, 0.15) is 20.8 Å². The van der Waals surface area contributed by atoms with Crippen LogP contribution in [0.25, 0.3) is 0 Å². The largest absolute Gasteiger partial charge is 0.387 e. The quantitative estimate of drug-likeness (QED) is 0.623. The first kappa shape index (κ1) is 9.52. The number of carbonyl (C=O) groups excluding carboxylic acids is 1. The number of hydrogen-bond donors (Lipinski definition) is 1. The molecule has 0 aliphatic carbocycles. The molecular weight excluding hydrogens is 154 g/mol. The van der Waals surface area contributed by atoms with Crippen LogP contribution < -0.4 is 0 Å². The van der Waals surface area contributed by atoms with Gasteiger partial charge in [-0.1, -0.05) is 20.8 Å². The average molecular weight is 171 g/mol. The summed E-state index contributed by atoms with van der Waals surface area (Å²) in [7, 11) is 0. The third-order valence-corrected chi connectivity index (χ3v) is 2.59. The lowest BCUT2D eigenvalue weighted by atomic mass is 9.76. The van der Waals surface area contributed by atoms with Gasteiger partial charge in [0.1, 0.15) is 6.61 Å². The van der Waals surface area contributed by atoms with Crippen LogP contribution in [-0.4, -0.2) is 35.6 Å². The van der Waals surface area contributed by atoms with E-state index in [0.29, 0.717) is 5.92 Å². The molecule has 0 unspecified atom stereocenters. The van der Waals surface area contributed by atoms with E-state index >= 15 is 0 Å². The van der Waals surface area contributed by atoms with Gasteiger partial charge in [-0.15, -0.1) is 0 Å². The van der Waals surface area contributed by atoms with Gasteiger partial charge in [0.2, 0.25) is 5.91 Å². The summed E-state index contributed by atoms with van der Waals surface area (Å²) >= 11 is 0. The highest BCUT2D eigenvalue weighted by Crippen LogP contribution is 2.33. The van der Waals surface area contributed by atoms with Gasteiger partial charge in [0.05, 0.1) is 0 Å². The fourth-order valence-electron chi connectivity index (χ4n) is 1.33. The smallest absolute Gasteiger partial charge is 0.248 e. The Labute approximate surface area is 73.4 Å². The highest BCUT2D eigenvalue weighted by atomic mass is 16.3. The van der Waals surface area contributed by atoms with Crippen LogP contribution in [0.5, 0.6) is 0 Å². The van der Waals surface area contributed by atoms with E-state index in [1.165, 1.54) is 0 Å². The topological polar surface area (TPSA) is 40.5 Å². The summed E-state index contributed by atoms with van der Waals surface area (Å²) in [5.74, 6) is 0.448. The first-order chi connectivity index (χ1) is 5.45. The number of hydrogen-bond acceptors (Lipinski definition) is 2. The van der Waals surface area contributed by atoms with Crippen LogP contribution >= 0.6 is 0 Å². The summed E-state index contributed by atoms with van der Waals surface area (Å²) in [6, 6.07) is 0. The molecule has 0 aromatic rings. The summed E-state index contributed by atoms with van der Waals surface area (Å²) in [6.45, 7) is 7.80. The van der Waals surface area contributed by atoms with Crippen LogP contribution in [0, 0.1) is 11.3 Å². The van der Waals surface area contributed by atoms with Crippen LogP contribution in [0.2, 0.25) is 0 Å². The maximum atomic E-state index is 10.9. The summed E-state index contributed by atoms with van der Waals surface area (Å²) in [5.41, 5.74) is 0.284. The zero-order valence-corrected chi connectivity index (χ0v) is 8.00. The molecule has 70 valence electrons. The summed E-state index contributed by atoms with van der Waals surface area (Å²) in [6.07, 6.45) is 0. The van der Waals surface area contributed by atoms with Crippen molar-refractivity contribution >= 4 is 5.91 Å². The first-order valence-electron chi connectivity index (χ1n) is 4.34. The van der Waals surface area contributed by atoms with Crippen molar-refractivity contribution in [2.75, 3.05) is 19.7 Å². The van der Waals surface area contributed by atoms with Gasteiger partial charge < -0.3 is 10.0 Å². The van der Waals surface area contributed by atoms with Gasteiger partial charge in [-0.05, 0) is 11.3 Å². The number of nitrogens with zero attached hydrogens (tertiary/aromatic N) is 1. The second-order valence-electron chi connectivity index (χ2n) is 4.52. The molecule has 1 saturated heterocycles.